The molecule has 6 nitrogen and oxygen atoms in total. The normalized spacial score (nSPS) is 11.0. The van der Waals surface area contributed by atoms with Crippen LogP contribution in [0, 0.1) is 13.8 Å². The number of aryl methyl sites for hydroxylation is 1. The summed E-state index contributed by atoms with van der Waals surface area (Å²) in [5.41, 5.74) is 1.94. The first-order chi connectivity index (χ1) is 12.3. The predicted octanol–water partition coefficient (Wildman–Crippen LogP) is 2.59. The molecule has 0 bridgehead atoms. The fourth-order valence-electron chi connectivity index (χ4n) is 2.77. The van der Waals surface area contributed by atoms with Crippen LogP contribution < -0.4 is 0 Å². The molecule has 140 valence electrons. The molecule has 2 aromatic rings. The maximum atomic E-state index is 12.9. The zero-order valence-electron chi connectivity index (χ0n) is 14.7. The lowest BCUT2D eigenvalue weighted by molar-refractivity contribution is -0.144. The van der Waals surface area contributed by atoms with E-state index in [0.717, 1.165) is 5.56 Å². The van der Waals surface area contributed by atoms with Gasteiger partial charge < -0.3 is 10.0 Å². The van der Waals surface area contributed by atoms with Gasteiger partial charge in [0.2, 0.25) is 5.91 Å². The molecule has 8 heteroatoms. The predicted molar refractivity (Wildman–Crippen MR) is 91.0 cm³/mol. The SMILES string of the molecule is Cc1nn(C(F)F)c(C)c1CC(=O)N(CCc1ccccc1)CC(=O)O. The number of carboxylic acids is 1. The highest BCUT2D eigenvalue weighted by Crippen LogP contribution is 2.20. The summed E-state index contributed by atoms with van der Waals surface area (Å²) in [6.45, 7) is 0.0363. The van der Waals surface area contributed by atoms with Crippen LogP contribution in [-0.2, 0) is 22.4 Å². The number of hydrogen-bond donors (Lipinski definition) is 1. The van der Waals surface area contributed by atoms with Gasteiger partial charge in [-0.3, -0.25) is 9.59 Å². The van der Waals surface area contributed by atoms with E-state index in [1.807, 2.05) is 30.3 Å². The number of carbonyl (C=O) groups is 2. The van der Waals surface area contributed by atoms with E-state index in [1.165, 1.54) is 11.8 Å². The van der Waals surface area contributed by atoms with Gasteiger partial charge in [-0.05, 0) is 25.8 Å². The van der Waals surface area contributed by atoms with Crippen molar-refractivity contribution in [3.05, 3.63) is 52.8 Å². The number of amides is 1. The summed E-state index contributed by atoms with van der Waals surface area (Å²) in [6, 6.07) is 9.39. The van der Waals surface area contributed by atoms with E-state index in [4.69, 9.17) is 5.11 Å². The van der Waals surface area contributed by atoms with Crippen molar-refractivity contribution < 1.29 is 23.5 Å². The topological polar surface area (TPSA) is 75.4 Å². The van der Waals surface area contributed by atoms with E-state index in [0.29, 0.717) is 22.4 Å². The Hall–Kier alpha value is -2.77. The molecule has 1 amide bonds. The lowest BCUT2D eigenvalue weighted by Crippen LogP contribution is -2.38. The Morgan fingerprint density at radius 1 is 1.23 bits per heavy atom. The van der Waals surface area contributed by atoms with Gasteiger partial charge in [-0.25, -0.2) is 4.68 Å². The molecule has 26 heavy (non-hydrogen) atoms. The quantitative estimate of drug-likeness (QED) is 0.780. The molecule has 0 saturated heterocycles. The Labute approximate surface area is 150 Å². The fraction of sp³-hybridized carbons (Fsp3) is 0.389. The largest absolute Gasteiger partial charge is 0.480 e. The molecule has 0 aliphatic rings. The third-order valence-electron chi connectivity index (χ3n) is 4.18. The summed E-state index contributed by atoms with van der Waals surface area (Å²) in [5, 5.41) is 12.8. The van der Waals surface area contributed by atoms with Crippen LogP contribution in [0.2, 0.25) is 0 Å². The Morgan fingerprint density at radius 3 is 2.42 bits per heavy atom. The van der Waals surface area contributed by atoms with Crippen molar-refractivity contribution in [3.63, 3.8) is 0 Å². The molecule has 0 fully saturated rings. The van der Waals surface area contributed by atoms with Crippen molar-refractivity contribution in [1.82, 2.24) is 14.7 Å². The average molecular weight is 365 g/mol. The molecule has 0 spiro atoms. The molecule has 0 atom stereocenters. The Morgan fingerprint density at radius 2 is 1.88 bits per heavy atom. The first-order valence-electron chi connectivity index (χ1n) is 8.15. The summed E-state index contributed by atoms with van der Waals surface area (Å²) in [6.07, 6.45) is 0.348. The minimum Gasteiger partial charge on any atom is -0.480 e. The van der Waals surface area contributed by atoms with E-state index >= 15 is 0 Å². The second kappa shape index (κ2) is 8.55. The van der Waals surface area contributed by atoms with Gasteiger partial charge in [0.05, 0.1) is 12.1 Å². The van der Waals surface area contributed by atoms with Crippen molar-refractivity contribution in [2.24, 2.45) is 0 Å². The number of hydrogen-bond acceptors (Lipinski definition) is 3. The first-order valence-corrected chi connectivity index (χ1v) is 8.15. The maximum Gasteiger partial charge on any atom is 0.333 e. The standard InChI is InChI=1S/C18H21F2N3O3/c1-12-15(13(2)23(21-12)18(19)20)10-16(24)22(11-17(25)26)9-8-14-6-4-3-5-7-14/h3-7,18H,8-11H2,1-2H3,(H,25,26). The van der Waals surface area contributed by atoms with Crippen molar-refractivity contribution in [2.75, 3.05) is 13.1 Å². The van der Waals surface area contributed by atoms with E-state index < -0.39 is 25.0 Å². The molecule has 1 N–H and O–H groups in total. The number of carbonyl (C=O) groups excluding carboxylic acids is 1. The van der Waals surface area contributed by atoms with Crippen molar-refractivity contribution in [2.45, 2.75) is 33.2 Å². The molecule has 2 rings (SSSR count). The van der Waals surface area contributed by atoms with E-state index in [1.54, 1.807) is 6.92 Å². The van der Waals surface area contributed by atoms with Gasteiger partial charge in [0, 0.05) is 17.8 Å². The zero-order valence-corrected chi connectivity index (χ0v) is 14.7. The molecule has 1 aromatic carbocycles. The first kappa shape index (κ1) is 19.6. The van der Waals surface area contributed by atoms with Crippen LogP contribution in [0.1, 0.15) is 29.1 Å². The third kappa shape index (κ3) is 4.87. The highest BCUT2D eigenvalue weighted by molar-refractivity contribution is 5.83. The van der Waals surface area contributed by atoms with Crippen LogP contribution >= 0.6 is 0 Å². The van der Waals surface area contributed by atoms with Crippen LogP contribution in [0.4, 0.5) is 8.78 Å². The second-order valence-corrected chi connectivity index (χ2v) is 5.99. The fourth-order valence-corrected chi connectivity index (χ4v) is 2.77. The van der Waals surface area contributed by atoms with Crippen LogP contribution in [0.15, 0.2) is 30.3 Å². The minimum atomic E-state index is -2.79. The Balaban J connectivity index is 2.12. The third-order valence-corrected chi connectivity index (χ3v) is 4.18. The Kier molecular flexibility index (Phi) is 6.43. The number of carboxylic acid groups (broad SMARTS) is 1. The number of aliphatic carboxylic acids is 1. The van der Waals surface area contributed by atoms with Gasteiger partial charge in [-0.2, -0.15) is 13.9 Å². The van der Waals surface area contributed by atoms with Gasteiger partial charge in [-0.1, -0.05) is 30.3 Å². The number of alkyl halides is 2. The molecular weight excluding hydrogens is 344 g/mol. The zero-order chi connectivity index (χ0) is 19.3. The molecule has 1 heterocycles. The van der Waals surface area contributed by atoms with E-state index in [2.05, 4.69) is 5.10 Å². The van der Waals surface area contributed by atoms with Gasteiger partial charge in [0.1, 0.15) is 6.54 Å². The number of benzene rings is 1. The summed E-state index contributed by atoms with van der Waals surface area (Å²) in [4.78, 5) is 24.9. The summed E-state index contributed by atoms with van der Waals surface area (Å²) in [7, 11) is 0. The van der Waals surface area contributed by atoms with E-state index in [9.17, 15) is 18.4 Å². The van der Waals surface area contributed by atoms with Crippen molar-refractivity contribution in [3.8, 4) is 0 Å². The van der Waals surface area contributed by atoms with Crippen LogP contribution in [-0.4, -0.2) is 44.8 Å². The smallest absolute Gasteiger partial charge is 0.333 e. The van der Waals surface area contributed by atoms with Crippen molar-refractivity contribution >= 4 is 11.9 Å². The average Bonchev–Trinajstić information content (AvgIpc) is 2.87. The highest BCUT2D eigenvalue weighted by atomic mass is 19.3. The van der Waals surface area contributed by atoms with Crippen molar-refractivity contribution in [1.29, 1.82) is 0 Å². The van der Waals surface area contributed by atoms with Crippen LogP contribution in [0.5, 0.6) is 0 Å². The molecule has 0 aliphatic carbocycles. The van der Waals surface area contributed by atoms with Crippen LogP contribution in [0.3, 0.4) is 0 Å². The minimum absolute atomic E-state index is 0.160. The summed E-state index contributed by atoms with van der Waals surface area (Å²) >= 11 is 0. The molecule has 0 radical (unpaired) electrons. The number of halogens is 2. The van der Waals surface area contributed by atoms with Gasteiger partial charge in [0.25, 0.3) is 0 Å². The summed E-state index contributed by atoms with van der Waals surface area (Å²) < 4.78 is 26.4. The molecular formula is C18H21F2N3O3. The van der Waals surface area contributed by atoms with E-state index in [-0.39, 0.29) is 18.7 Å². The monoisotopic (exact) mass is 365 g/mol. The van der Waals surface area contributed by atoms with Gasteiger partial charge >= 0.3 is 12.5 Å². The highest BCUT2D eigenvalue weighted by Gasteiger charge is 2.23. The number of rotatable bonds is 8. The maximum absolute atomic E-state index is 12.9. The lowest BCUT2D eigenvalue weighted by atomic mass is 10.1. The molecule has 0 unspecified atom stereocenters. The lowest BCUT2D eigenvalue weighted by Gasteiger charge is -2.21. The number of aromatic nitrogens is 2. The Bertz CT molecular complexity index is 775. The molecule has 0 saturated carbocycles. The second-order valence-electron chi connectivity index (χ2n) is 5.99. The van der Waals surface area contributed by atoms with Gasteiger partial charge in [0.15, 0.2) is 0 Å². The van der Waals surface area contributed by atoms with Crippen LogP contribution in [0.25, 0.3) is 0 Å². The molecule has 1 aromatic heterocycles. The summed E-state index contributed by atoms with van der Waals surface area (Å²) in [5.74, 6) is -1.55. The molecule has 0 aliphatic heterocycles. The van der Waals surface area contributed by atoms with Gasteiger partial charge in [-0.15, -0.1) is 0 Å². The number of nitrogens with zero attached hydrogens (tertiary/aromatic N) is 3.